The highest BCUT2D eigenvalue weighted by Crippen LogP contribution is 2.37. The quantitative estimate of drug-likeness (QED) is 0.331. The zero-order valence-corrected chi connectivity index (χ0v) is 13.6. The Morgan fingerprint density at radius 3 is 2.32 bits per heavy atom. The maximum atomic E-state index is 5.63. The molecule has 1 heterocycles. The molecule has 0 bridgehead atoms. The molecular weight excluding hydrogens is 308 g/mol. The van der Waals surface area contributed by atoms with Crippen molar-refractivity contribution in [2.75, 3.05) is 0 Å². The topological polar surface area (TPSA) is 18.5 Å². The van der Waals surface area contributed by atoms with Crippen molar-refractivity contribution >= 4 is 27.3 Å². The summed E-state index contributed by atoms with van der Waals surface area (Å²) in [6, 6.07) is 29.2. The summed E-state index contributed by atoms with van der Waals surface area (Å²) >= 11 is 0. The molecule has 4 aromatic carbocycles. The van der Waals surface area contributed by atoms with Crippen molar-refractivity contribution in [3.63, 3.8) is 0 Å². The van der Waals surface area contributed by atoms with Gasteiger partial charge in [0.05, 0.1) is 0 Å². The van der Waals surface area contributed by atoms with Gasteiger partial charge in [-0.3, -0.25) is 0 Å². The molecule has 25 heavy (non-hydrogen) atoms. The van der Waals surface area contributed by atoms with E-state index in [1.807, 2.05) is 36.4 Å². The first-order chi connectivity index (χ1) is 12.4. The van der Waals surface area contributed by atoms with Crippen LogP contribution in [0.2, 0.25) is 0 Å². The van der Waals surface area contributed by atoms with Crippen LogP contribution in [-0.4, -0.2) is 0 Å². The Bertz CT molecular complexity index is 1100. The van der Waals surface area contributed by atoms with Gasteiger partial charge in [-0.25, -0.2) is 0 Å². The van der Waals surface area contributed by atoms with E-state index in [0.29, 0.717) is 0 Å². The second-order valence-corrected chi connectivity index (χ2v) is 6.23. The van der Waals surface area contributed by atoms with Crippen molar-refractivity contribution in [1.29, 1.82) is 0 Å². The van der Waals surface area contributed by atoms with E-state index < -0.39 is 0 Å². The van der Waals surface area contributed by atoms with Gasteiger partial charge in [-0.1, -0.05) is 84.9 Å². The Balaban J connectivity index is 1.64. The van der Waals surface area contributed by atoms with Crippen LogP contribution in [-0.2, 0) is 9.78 Å². The minimum Gasteiger partial charge on any atom is -0.336 e. The van der Waals surface area contributed by atoms with Crippen molar-refractivity contribution in [2.45, 2.75) is 6.10 Å². The zero-order chi connectivity index (χ0) is 16.6. The summed E-state index contributed by atoms with van der Waals surface area (Å²) in [6.45, 7) is 0. The van der Waals surface area contributed by atoms with Crippen LogP contribution in [0.25, 0.3) is 27.3 Å². The van der Waals surface area contributed by atoms with Gasteiger partial charge in [-0.05, 0) is 33.2 Å². The van der Waals surface area contributed by atoms with E-state index in [4.69, 9.17) is 9.78 Å². The van der Waals surface area contributed by atoms with E-state index in [-0.39, 0.29) is 6.10 Å². The number of benzene rings is 4. The number of fused-ring (bicyclic) bond motifs is 3. The van der Waals surface area contributed by atoms with Gasteiger partial charge in [0.2, 0.25) is 0 Å². The van der Waals surface area contributed by atoms with Gasteiger partial charge in [0.15, 0.2) is 11.9 Å². The molecule has 0 spiro atoms. The Morgan fingerprint density at radius 1 is 0.600 bits per heavy atom. The molecule has 0 aromatic heterocycles. The molecule has 1 aliphatic rings. The third kappa shape index (κ3) is 2.39. The molecule has 1 unspecified atom stereocenters. The van der Waals surface area contributed by atoms with Gasteiger partial charge in [0.25, 0.3) is 0 Å². The average Bonchev–Trinajstić information content (AvgIpc) is 3.18. The van der Waals surface area contributed by atoms with E-state index in [2.05, 4.69) is 54.6 Å². The number of rotatable bonds is 2. The summed E-state index contributed by atoms with van der Waals surface area (Å²) in [5.74, 6) is 0.767. The number of hydrogen-bond donors (Lipinski definition) is 0. The molecule has 0 amide bonds. The predicted octanol–water partition coefficient (Wildman–Crippen LogP) is 6.04. The smallest absolute Gasteiger partial charge is 0.171 e. The summed E-state index contributed by atoms with van der Waals surface area (Å²) in [7, 11) is 0. The lowest BCUT2D eigenvalue weighted by molar-refractivity contribution is -0.243. The first-order valence-electron chi connectivity index (χ1n) is 8.41. The minimum absolute atomic E-state index is 0.208. The van der Waals surface area contributed by atoms with Crippen LogP contribution >= 0.6 is 0 Å². The first-order valence-corrected chi connectivity index (χ1v) is 8.41. The molecule has 2 heteroatoms. The second kappa shape index (κ2) is 5.76. The molecular formula is C23H16O2. The minimum atomic E-state index is -0.208. The van der Waals surface area contributed by atoms with Crippen LogP contribution in [0.3, 0.4) is 0 Å². The van der Waals surface area contributed by atoms with E-state index in [0.717, 1.165) is 16.9 Å². The van der Waals surface area contributed by atoms with Gasteiger partial charge in [-0.2, -0.15) is 4.89 Å². The molecule has 0 saturated carbocycles. The Hall–Kier alpha value is -3.10. The summed E-state index contributed by atoms with van der Waals surface area (Å²) < 4.78 is 0. The molecule has 0 N–H and O–H groups in total. The summed E-state index contributed by atoms with van der Waals surface area (Å²) in [6.07, 6.45) is 1.83. The van der Waals surface area contributed by atoms with E-state index in [1.165, 1.54) is 21.5 Å². The van der Waals surface area contributed by atoms with Crippen molar-refractivity contribution in [2.24, 2.45) is 0 Å². The van der Waals surface area contributed by atoms with Crippen LogP contribution < -0.4 is 0 Å². The normalized spacial score (nSPS) is 16.8. The SMILES string of the molecule is C1=C(c2ccccc2)OOC1c1cccc2c1ccc1ccccc12. The van der Waals surface area contributed by atoms with Crippen LogP contribution in [0.15, 0.2) is 91.0 Å². The van der Waals surface area contributed by atoms with Crippen LogP contribution in [0.5, 0.6) is 0 Å². The molecule has 0 fully saturated rings. The molecule has 0 aliphatic carbocycles. The fraction of sp³-hybridized carbons (Fsp3) is 0.0435. The zero-order valence-electron chi connectivity index (χ0n) is 13.6. The highest BCUT2D eigenvalue weighted by molar-refractivity contribution is 6.08. The summed E-state index contributed by atoms with van der Waals surface area (Å²) in [5.41, 5.74) is 2.14. The van der Waals surface area contributed by atoms with Crippen molar-refractivity contribution < 1.29 is 9.78 Å². The third-order valence-electron chi connectivity index (χ3n) is 4.73. The maximum Gasteiger partial charge on any atom is 0.171 e. The summed E-state index contributed by atoms with van der Waals surface area (Å²) in [4.78, 5) is 11.1. The molecule has 0 saturated heterocycles. The van der Waals surface area contributed by atoms with Crippen LogP contribution in [0.4, 0.5) is 0 Å². The molecule has 120 valence electrons. The summed E-state index contributed by atoms with van der Waals surface area (Å²) in [5, 5.41) is 4.94. The molecule has 1 atom stereocenters. The van der Waals surface area contributed by atoms with Crippen LogP contribution in [0.1, 0.15) is 17.2 Å². The highest BCUT2D eigenvalue weighted by Gasteiger charge is 2.23. The predicted molar refractivity (Wildman–Crippen MR) is 101 cm³/mol. The van der Waals surface area contributed by atoms with Crippen molar-refractivity contribution in [3.05, 3.63) is 102 Å². The van der Waals surface area contributed by atoms with Crippen molar-refractivity contribution in [1.82, 2.24) is 0 Å². The monoisotopic (exact) mass is 324 g/mol. The average molecular weight is 324 g/mol. The Kier molecular flexibility index (Phi) is 3.29. The molecule has 0 radical (unpaired) electrons. The molecule has 1 aliphatic heterocycles. The van der Waals surface area contributed by atoms with E-state index in [9.17, 15) is 0 Å². The molecule has 2 nitrogen and oxygen atoms in total. The first kappa shape index (κ1) is 14.3. The largest absolute Gasteiger partial charge is 0.336 e. The maximum absolute atomic E-state index is 5.63. The Labute approximate surface area is 145 Å². The van der Waals surface area contributed by atoms with E-state index in [1.54, 1.807) is 0 Å². The fourth-order valence-corrected chi connectivity index (χ4v) is 3.50. The van der Waals surface area contributed by atoms with Gasteiger partial charge >= 0.3 is 0 Å². The standard InChI is InChI=1S/C23H16O2/c1-2-8-17(9-3-1)22-15-23(25-24-22)21-12-6-11-19-18-10-5-4-7-16(18)13-14-20(19)21/h1-15,23H. The fourth-order valence-electron chi connectivity index (χ4n) is 3.50. The van der Waals surface area contributed by atoms with Crippen molar-refractivity contribution in [3.8, 4) is 0 Å². The lowest BCUT2D eigenvalue weighted by Crippen LogP contribution is -1.96. The lowest BCUT2D eigenvalue weighted by Gasteiger charge is -2.11. The number of hydrogen-bond acceptors (Lipinski definition) is 2. The van der Waals surface area contributed by atoms with Gasteiger partial charge in [-0.15, -0.1) is 0 Å². The molecule has 4 aromatic rings. The third-order valence-corrected chi connectivity index (χ3v) is 4.73. The van der Waals surface area contributed by atoms with Gasteiger partial charge in [0, 0.05) is 5.56 Å². The van der Waals surface area contributed by atoms with Gasteiger partial charge < -0.3 is 4.89 Å². The highest BCUT2D eigenvalue weighted by atomic mass is 17.2. The van der Waals surface area contributed by atoms with Crippen LogP contribution in [0, 0.1) is 0 Å². The van der Waals surface area contributed by atoms with E-state index >= 15 is 0 Å². The molecule has 5 rings (SSSR count). The Morgan fingerprint density at radius 2 is 1.40 bits per heavy atom. The lowest BCUT2D eigenvalue weighted by atomic mass is 9.95. The second-order valence-electron chi connectivity index (χ2n) is 6.23. The van der Waals surface area contributed by atoms with Gasteiger partial charge in [0.1, 0.15) is 0 Å².